The quantitative estimate of drug-likeness (QED) is 0.0831. The number of hydrogen-bond acceptors (Lipinski definition) is 5. The first-order chi connectivity index (χ1) is 20.7. The van der Waals surface area contributed by atoms with E-state index in [0.717, 1.165) is 56.0 Å². The number of rotatable bonds is 19. The van der Waals surface area contributed by atoms with Crippen LogP contribution in [0.4, 0.5) is 0 Å². The van der Waals surface area contributed by atoms with E-state index >= 15 is 0 Å². The van der Waals surface area contributed by atoms with Crippen molar-refractivity contribution < 1.29 is 27.9 Å². The highest BCUT2D eigenvalue weighted by atomic mass is 28.4. The number of carbonyl (C=O) groups is 1. The topological polar surface area (TPSA) is 74.2 Å². The molecule has 1 aliphatic rings. The molecule has 0 bridgehead atoms. The molecule has 45 heavy (non-hydrogen) atoms. The molecule has 1 aliphatic carbocycles. The second-order valence-corrected chi connectivity index (χ2v) is 29.5. The fraction of sp³-hybridized carbons (Fsp3) is 0.806. The van der Waals surface area contributed by atoms with Gasteiger partial charge in [0.1, 0.15) is 6.61 Å². The number of aliphatic carboxylic acids is 1. The molecule has 1 N–H and O–H groups in total. The summed E-state index contributed by atoms with van der Waals surface area (Å²) < 4.78 is 26.5. The third kappa shape index (κ3) is 13.5. The maximum atomic E-state index is 11.2. The molecule has 6 nitrogen and oxygen atoms in total. The molecule has 4 atom stereocenters. The maximum absolute atomic E-state index is 11.2. The molecule has 0 aliphatic heterocycles. The van der Waals surface area contributed by atoms with Crippen LogP contribution in [0.15, 0.2) is 23.5 Å². The van der Waals surface area contributed by atoms with Gasteiger partial charge in [-0.2, -0.15) is 0 Å². The fourth-order valence-electron chi connectivity index (χ4n) is 5.71. The summed E-state index contributed by atoms with van der Waals surface area (Å²) in [5.41, 5.74) is 1.01. The summed E-state index contributed by atoms with van der Waals surface area (Å²) in [5, 5.41) is 9.23. The van der Waals surface area contributed by atoms with Crippen LogP contribution < -0.4 is 0 Å². The minimum absolute atomic E-state index is 0.0208. The summed E-state index contributed by atoms with van der Waals surface area (Å²) >= 11 is 0. The number of hydrogen-bond donors (Lipinski definition) is 1. The van der Waals surface area contributed by atoms with Gasteiger partial charge in [0.15, 0.2) is 22.7 Å². The van der Waals surface area contributed by atoms with Gasteiger partial charge in [-0.25, -0.2) is 4.79 Å². The van der Waals surface area contributed by atoms with Crippen LogP contribution in [0.25, 0.3) is 0 Å². The fourth-order valence-corrected chi connectivity index (χ4v) is 11.4. The van der Waals surface area contributed by atoms with Crippen molar-refractivity contribution in [2.24, 2.45) is 5.92 Å². The SMILES string of the molecule is CCCCC(C)(C/C=C/C1C(CC#CCOC(C)C(=O)O)=C(O[Si](C)(C)C(C)(C)C)CC1O[Si](CC)(CC)CC)O[Si](C)(C)C. The summed E-state index contributed by atoms with van der Waals surface area (Å²) in [4.78, 5) is 11.2. The highest BCUT2D eigenvalue weighted by molar-refractivity contribution is 6.74. The first-order valence-corrected chi connectivity index (χ1v) is 26.3. The maximum Gasteiger partial charge on any atom is 0.332 e. The molecular formula is C36H68O6Si3. The summed E-state index contributed by atoms with van der Waals surface area (Å²) in [6, 6.07) is 3.29. The van der Waals surface area contributed by atoms with Crippen LogP contribution in [0.5, 0.6) is 0 Å². The zero-order valence-electron chi connectivity index (χ0n) is 31.4. The monoisotopic (exact) mass is 680 g/mol. The lowest BCUT2D eigenvalue weighted by molar-refractivity contribution is -0.148. The van der Waals surface area contributed by atoms with E-state index in [1.165, 1.54) is 12.5 Å². The Morgan fingerprint density at radius 1 is 1.02 bits per heavy atom. The van der Waals surface area contributed by atoms with Gasteiger partial charge in [0.2, 0.25) is 8.32 Å². The zero-order valence-corrected chi connectivity index (χ0v) is 34.4. The van der Waals surface area contributed by atoms with Gasteiger partial charge in [-0.1, -0.05) is 85.3 Å². The first-order valence-electron chi connectivity index (χ1n) is 17.4. The van der Waals surface area contributed by atoms with E-state index in [1.54, 1.807) is 0 Å². The lowest BCUT2D eigenvalue weighted by atomic mass is 9.92. The van der Waals surface area contributed by atoms with E-state index in [4.69, 9.17) is 23.1 Å². The van der Waals surface area contributed by atoms with Crippen LogP contribution in [0.1, 0.15) is 101 Å². The molecule has 0 amide bonds. The van der Waals surface area contributed by atoms with E-state index in [-0.39, 0.29) is 29.3 Å². The van der Waals surface area contributed by atoms with E-state index in [2.05, 4.69) is 112 Å². The highest BCUT2D eigenvalue weighted by Crippen LogP contribution is 2.45. The molecule has 0 aromatic carbocycles. The van der Waals surface area contributed by atoms with Crippen molar-refractivity contribution in [1.29, 1.82) is 0 Å². The van der Waals surface area contributed by atoms with Crippen molar-refractivity contribution >= 4 is 30.9 Å². The van der Waals surface area contributed by atoms with Gasteiger partial charge in [0, 0.05) is 18.8 Å². The van der Waals surface area contributed by atoms with Gasteiger partial charge in [0.05, 0.1) is 17.5 Å². The van der Waals surface area contributed by atoms with Crippen LogP contribution in [0.2, 0.25) is 55.9 Å². The molecule has 9 heteroatoms. The number of ether oxygens (including phenoxy) is 1. The molecule has 0 fully saturated rings. The van der Waals surface area contributed by atoms with Crippen LogP contribution in [-0.2, 0) is 22.8 Å². The van der Waals surface area contributed by atoms with Crippen LogP contribution in [-0.4, -0.2) is 60.4 Å². The second kappa shape index (κ2) is 17.8. The first kappa shape index (κ1) is 41.9. The van der Waals surface area contributed by atoms with Crippen LogP contribution in [0.3, 0.4) is 0 Å². The minimum Gasteiger partial charge on any atom is -0.546 e. The lowest BCUT2D eigenvalue weighted by Gasteiger charge is -2.37. The third-order valence-electron chi connectivity index (χ3n) is 9.73. The van der Waals surface area contributed by atoms with Gasteiger partial charge in [-0.05, 0) is 88.2 Å². The average Bonchev–Trinajstić information content (AvgIpc) is 3.22. The van der Waals surface area contributed by atoms with Crippen LogP contribution in [0, 0.1) is 17.8 Å². The van der Waals surface area contributed by atoms with E-state index in [1.807, 2.05) is 0 Å². The van der Waals surface area contributed by atoms with Gasteiger partial charge >= 0.3 is 5.97 Å². The number of carboxylic acid groups (broad SMARTS) is 1. The second-order valence-electron chi connectivity index (χ2n) is 15.7. The van der Waals surface area contributed by atoms with Crippen molar-refractivity contribution in [3.8, 4) is 11.8 Å². The molecule has 1 rings (SSSR count). The summed E-state index contributed by atoms with van der Waals surface area (Å²) in [5.74, 6) is 6.52. The molecule has 0 aromatic heterocycles. The molecule has 0 saturated heterocycles. The molecule has 0 aromatic rings. The summed E-state index contributed by atoms with van der Waals surface area (Å²) in [6.07, 6.45) is 9.35. The Balaban J connectivity index is 3.61. The van der Waals surface area contributed by atoms with Crippen LogP contribution >= 0.6 is 0 Å². The van der Waals surface area contributed by atoms with E-state index < -0.39 is 37.0 Å². The zero-order chi connectivity index (χ0) is 34.7. The van der Waals surface area contributed by atoms with E-state index in [9.17, 15) is 4.79 Å². The lowest BCUT2D eigenvalue weighted by Crippen LogP contribution is -2.42. The van der Waals surface area contributed by atoms with Gasteiger partial charge < -0.3 is 23.1 Å². The molecular weight excluding hydrogens is 613 g/mol. The Morgan fingerprint density at radius 3 is 2.11 bits per heavy atom. The largest absolute Gasteiger partial charge is 0.546 e. The number of unbranched alkanes of at least 4 members (excludes halogenated alkanes) is 1. The Kier molecular flexibility index (Phi) is 16.6. The molecule has 260 valence electrons. The Labute approximate surface area is 280 Å². The molecule has 0 heterocycles. The Bertz CT molecular complexity index is 1050. The van der Waals surface area contributed by atoms with E-state index in [0.29, 0.717) is 6.42 Å². The molecule has 4 unspecified atom stereocenters. The molecule has 0 spiro atoms. The number of carboxylic acids is 1. The summed E-state index contributed by atoms with van der Waals surface area (Å²) in [6.45, 7) is 31.3. The highest BCUT2D eigenvalue weighted by Gasteiger charge is 2.45. The predicted molar refractivity (Wildman–Crippen MR) is 197 cm³/mol. The van der Waals surface area contributed by atoms with Crippen molar-refractivity contribution in [1.82, 2.24) is 0 Å². The van der Waals surface area contributed by atoms with Crippen molar-refractivity contribution in [3.63, 3.8) is 0 Å². The van der Waals surface area contributed by atoms with Gasteiger partial charge in [-0.3, -0.25) is 0 Å². The Morgan fingerprint density at radius 2 is 1.62 bits per heavy atom. The van der Waals surface area contributed by atoms with Crippen molar-refractivity contribution in [2.75, 3.05) is 6.61 Å². The predicted octanol–water partition coefficient (Wildman–Crippen LogP) is 10.3. The van der Waals surface area contributed by atoms with Crippen molar-refractivity contribution in [2.45, 2.75) is 175 Å². The summed E-state index contributed by atoms with van der Waals surface area (Å²) in [7, 11) is -5.76. The average molecular weight is 681 g/mol. The smallest absolute Gasteiger partial charge is 0.332 e. The van der Waals surface area contributed by atoms with Crippen molar-refractivity contribution in [3.05, 3.63) is 23.5 Å². The third-order valence-corrected chi connectivity index (χ3v) is 19.9. The molecule has 0 saturated carbocycles. The van der Waals surface area contributed by atoms with Gasteiger partial charge in [-0.15, -0.1) is 0 Å². The Hall–Kier alpha value is -1.16. The normalized spacial score (nSPS) is 20.2. The standard InChI is InChI=1S/C36H68O6Si3/c1-15-19-25-36(9,42-43(10,11)12)26-22-24-31-30(23-20-21-27-39-29(5)34(37)38)32(40-44(13,14)35(6,7)8)28-33(31)41-45(16-2,17-3)18-4/h22,24,29,31,33H,15-19,23,25-28H2,1-14H3,(H,37,38)/b24-22+. The van der Waals surface area contributed by atoms with Gasteiger partial charge in [0.25, 0.3) is 0 Å². The molecule has 0 radical (unpaired) electrons. The minimum atomic E-state index is -2.12.